The van der Waals surface area contributed by atoms with Crippen LogP contribution < -0.4 is 4.90 Å². The summed E-state index contributed by atoms with van der Waals surface area (Å²) in [7, 11) is 2.10. The van der Waals surface area contributed by atoms with Crippen molar-refractivity contribution in [3.8, 4) is 0 Å². The van der Waals surface area contributed by atoms with E-state index in [1.165, 1.54) is 25.9 Å². The normalized spacial score (nSPS) is 16.4. The number of alkyl halides is 1. The summed E-state index contributed by atoms with van der Waals surface area (Å²) in [6.45, 7) is 4.68. The van der Waals surface area contributed by atoms with Crippen LogP contribution in [0.4, 0.5) is 5.82 Å². The van der Waals surface area contributed by atoms with Crippen molar-refractivity contribution in [2.24, 2.45) is 0 Å². The zero-order chi connectivity index (χ0) is 12.1. The largest absolute Gasteiger partial charge is 0.358 e. The number of aromatic nitrogens is 1. The molecule has 4 heteroatoms. The molecule has 0 aliphatic carbocycles. The third-order valence-corrected chi connectivity index (χ3v) is 3.61. The maximum atomic E-state index is 5.75. The lowest BCUT2D eigenvalue weighted by Gasteiger charge is -2.22. The van der Waals surface area contributed by atoms with Gasteiger partial charge in [-0.1, -0.05) is 6.07 Å². The van der Waals surface area contributed by atoms with Crippen molar-refractivity contribution in [2.45, 2.75) is 18.7 Å². The molecule has 1 aromatic rings. The topological polar surface area (TPSA) is 19.4 Å². The number of pyridine rings is 1. The maximum absolute atomic E-state index is 5.75. The van der Waals surface area contributed by atoms with E-state index in [0.29, 0.717) is 5.88 Å². The highest BCUT2D eigenvalue weighted by atomic mass is 35.5. The van der Waals surface area contributed by atoms with Crippen molar-refractivity contribution in [1.82, 2.24) is 9.88 Å². The van der Waals surface area contributed by atoms with Gasteiger partial charge in [0.15, 0.2) is 0 Å². The average Bonchev–Trinajstić information content (AvgIpc) is 2.89. The molecule has 17 heavy (non-hydrogen) atoms. The number of halogens is 1. The van der Waals surface area contributed by atoms with Crippen molar-refractivity contribution in [1.29, 1.82) is 0 Å². The quantitative estimate of drug-likeness (QED) is 0.751. The Labute approximate surface area is 108 Å². The number of anilines is 1. The van der Waals surface area contributed by atoms with Gasteiger partial charge in [0, 0.05) is 32.2 Å². The number of likely N-dealkylation sites (N-methyl/N-ethyl adjacent to an activating group) is 1. The van der Waals surface area contributed by atoms with E-state index in [9.17, 15) is 0 Å². The minimum Gasteiger partial charge on any atom is -0.358 e. The lowest BCUT2D eigenvalue weighted by atomic mass is 10.3. The zero-order valence-corrected chi connectivity index (χ0v) is 11.2. The molecule has 1 aromatic heterocycles. The third kappa shape index (κ3) is 3.58. The summed E-state index contributed by atoms with van der Waals surface area (Å²) < 4.78 is 0. The Bertz CT molecular complexity index is 333. The van der Waals surface area contributed by atoms with Gasteiger partial charge in [0.05, 0.1) is 0 Å². The van der Waals surface area contributed by atoms with Crippen LogP contribution in [0.15, 0.2) is 18.3 Å². The molecule has 0 N–H and O–H groups in total. The van der Waals surface area contributed by atoms with Gasteiger partial charge < -0.3 is 9.80 Å². The second-order valence-electron chi connectivity index (χ2n) is 4.63. The molecule has 0 aromatic carbocycles. The highest BCUT2D eigenvalue weighted by Crippen LogP contribution is 2.12. The first-order chi connectivity index (χ1) is 8.29. The van der Waals surface area contributed by atoms with E-state index < -0.39 is 0 Å². The first-order valence-corrected chi connectivity index (χ1v) is 6.77. The third-order valence-electron chi connectivity index (χ3n) is 3.30. The molecular formula is C13H20ClN3. The fourth-order valence-corrected chi connectivity index (χ4v) is 2.29. The SMILES string of the molecule is CN(CCN1CCCC1)c1ccc(CCl)cn1. The standard InChI is InChI=1S/C13H20ClN3/c1-16(8-9-17-6-2-3-7-17)13-5-4-12(10-14)11-15-13/h4-5,11H,2-3,6-10H2,1H3. The van der Waals surface area contributed by atoms with E-state index in [2.05, 4.69) is 21.8 Å². The van der Waals surface area contributed by atoms with Gasteiger partial charge in [-0.05, 0) is 37.6 Å². The molecule has 0 spiro atoms. The second-order valence-corrected chi connectivity index (χ2v) is 4.90. The first kappa shape index (κ1) is 12.7. The zero-order valence-electron chi connectivity index (χ0n) is 10.4. The summed E-state index contributed by atoms with van der Waals surface area (Å²) in [4.78, 5) is 9.14. The Kier molecular flexibility index (Phi) is 4.63. The highest BCUT2D eigenvalue weighted by molar-refractivity contribution is 6.17. The van der Waals surface area contributed by atoms with Gasteiger partial charge in [0.2, 0.25) is 0 Å². The van der Waals surface area contributed by atoms with Crippen molar-refractivity contribution in [2.75, 3.05) is 38.1 Å². The lowest BCUT2D eigenvalue weighted by molar-refractivity contribution is 0.346. The van der Waals surface area contributed by atoms with Crippen LogP contribution in [0.2, 0.25) is 0 Å². The van der Waals surface area contributed by atoms with Crippen molar-refractivity contribution in [3.05, 3.63) is 23.9 Å². The molecule has 1 saturated heterocycles. The Morgan fingerprint density at radius 2 is 2.12 bits per heavy atom. The Morgan fingerprint density at radius 3 is 2.71 bits per heavy atom. The fraction of sp³-hybridized carbons (Fsp3) is 0.615. The Hall–Kier alpha value is -0.800. The molecule has 1 aliphatic rings. The van der Waals surface area contributed by atoms with Crippen molar-refractivity contribution >= 4 is 17.4 Å². The number of nitrogens with zero attached hydrogens (tertiary/aromatic N) is 3. The molecule has 0 amide bonds. The van der Waals surface area contributed by atoms with Gasteiger partial charge in [0.25, 0.3) is 0 Å². The van der Waals surface area contributed by atoms with Gasteiger partial charge in [0.1, 0.15) is 5.82 Å². The summed E-state index contributed by atoms with van der Waals surface area (Å²) in [6, 6.07) is 4.09. The molecule has 2 heterocycles. The van der Waals surface area contributed by atoms with Gasteiger partial charge in [-0.2, -0.15) is 0 Å². The van der Waals surface area contributed by atoms with Gasteiger partial charge in [-0.25, -0.2) is 4.98 Å². The van der Waals surface area contributed by atoms with Crippen LogP contribution >= 0.6 is 11.6 Å². The van der Waals surface area contributed by atoms with Crippen LogP contribution in [0.25, 0.3) is 0 Å². The predicted octanol–water partition coefficient (Wildman–Crippen LogP) is 2.35. The number of rotatable bonds is 5. The minimum absolute atomic E-state index is 0.533. The second kappa shape index (κ2) is 6.22. The molecule has 3 nitrogen and oxygen atoms in total. The van der Waals surface area contributed by atoms with Gasteiger partial charge in [-0.3, -0.25) is 0 Å². The van der Waals surface area contributed by atoms with Crippen LogP contribution in [-0.2, 0) is 5.88 Å². The monoisotopic (exact) mass is 253 g/mol. The highest BCUT2D eigenvalue weighted by Gasteiger charge is 2.12. The van der Waals surface area contributed by atoms with Gasteiger partial charge >= 0.3 is 0 Å². The molecule has 0 atom stereocenters. The van der Waals surface area contributed by atoms with E-state index in [1.54, 1.807) is 0 Å². The van der Waals surface area contributed by atoms with Crippen LogP contribution in [0.5, 0.6) is 0 Å². The van der Waals surface area contributed by atoms with E-state index in [-0.39, 0.29) is 0 Å². The van der Waals surface area contributed by atoms with Crippen LogP contribution in [0.1, 0.15) is 18.4 Å². The molecule has 0 radical (unpaired) electrons. The minimum atomic E-state index is 0.533. The molecular weight excluding hydrogens is 234 g/mol. The van der Waals surface area contributed by atoms with E-state index in [0.717, 1.165) is 24.5 Å². The number of hydrogen-bond donors (Lipinski definition) is 0. The molecule has 2 rings (SSSR count). The van der Waals surface area contributed by atoms with Crippen molar-refractivity contribution in [3.63, 3.8) is 0 Å². The predicted molar refractivity (Wildman–Crippen MR) is 72.7 cm³/mol. The summed E-state index contributed by atoms with van der Waals surface area (Å²) in [5, 5.41) is 0. The summed E-state index contributed by atoms with van der Waals surface area (Å²) in [5.74, 6) is 1.56. The van der Waals surface area contributed by atoms with E-state index >= 15 is 0 Å². The molecule has 1 fully saturated rings. The van der Waals surface area contributed by atoms with E-state index in [1.807, 2.05) is 18.3 Å². The molecule has 1 aliphatic heterocycles. The maximum Gasteiger partial charge on any atom is 0.128 e. The molecule has 0 saturated carbocycles. The summed E-state index contributed by atoms with van der Waals surface area (Å²) >= 11 is 5.75. The number of hydrogen-bond acceptors (Lipinski definition) is 3. The van der Waals surface area contributed by atoms with Crippen LogP contribution in [0, 0.1) is 0 Å². The van der Waals surface area contributed by atoms with Gasteiger partial charge in [-0.15, -0.1) is 11.6 Å². The fourth-order valence-electron chi connectivity index (χ4n) is 2.13. The molecule has 94 valence electrons. The number of likely N-dealkylation sites (tertiary alicyclic amines) is 1. The van der Waals surface area contributed by atoms with Crippen LogP contribution in [0.3, 0.4) is 0 Å². The van der Waals surface area contributed by atoms with Crippen molar-refractivity contribution < 1.29 is 0 Å². The molecule has 0 bridgehead atoms. The van der Waals surface area contributed by atoms with E-state index in [4.69, 9.17) is 11.6 Å². The smallest absolute Gasteiger partial charge is 0.128 e. The summed E-state index contributed by atoms with van der Waals surface area (Å²) in [5.41, 5.74) is 1.07. The molecule has 0 unspecified atom stereocenters. The first-order valence-electron chi connectivity index (χ1n) is 6.24. The Balaban J connectivity index is 1.83. The Morgan fingerprint density at radius 1 is 1.35 bits per heavy atom. The van der Waals surface area contributed by atoms with Crippen LogP contribution in [-0.4, -0.2) is 43.1 Å². The summed E-state index contributed by atoms with van der Waals surface area (Å²) in [6.07, 6.45) is 4.56. The lowest BCUT2D eigenvalue weighted by Crippen LogP contribution is -2.31. The average molecular weight is 254 g/mol.